The lowest BCUT2D eigenvalue weighted by atomic mass is 10.1. The Kier molecular flexibility index (Phi) is 7.12. The molecule has 3 rings (SSSR count). The van der Waals surface area contributed by atoms with Crippen molar-refractivity contribution in [2.75, 3.05) is 25.5 Å². The van der Waals surface area contributed by atoms with Gasteiger partial charge in [-0.2, -0.15) is 0 Å². The van der Waals surface area contributed by atoms with Gasteiger partial charge < -0.3 is 20.7 Å². The van der Waals surface area contributed by atoms with Crippen LogP contribution in [0.2, 0.25) is 5.02 Å². The average Bonchev–Trinajstić information content (AvgIpc) is 3.58. The lowest BCUT2D eigenvalue weighted by molar-refractivity contribution is -0.133. The Balaban J connectivity index is 1.74. The van der Waals surface area contributed by atoms with Gasteiger partial charge in [-0.05, 0) is 67.8 Å². The number of methoxy groups -OCH3 is 1. The summed E-state index contributed by atoms with van der Waals surface area (Å²) in [5.41, 5.74) is 7.53. The van der Waals surface area contributed by atoms with Crippen LogP contribution >= 0.6 is 11.6 Å². The number of hydrogen-bond donors (Lipinski definition) is 2. The molecule has 6 nitrogen and oxygen atoms in total. The largest absolute Gasteiger partial charge is 0.497 e. The third kappa shape index (κ3) is 5.71. The number of benzene rings is 2. The van der Waals surface area contributed by atoms with Crippen molar-refractivity contribution in [1.82, 2.24) is 4.90 Å². The Hall–Kier alpha value is -2.57. The van der Waals surface area contributed by atoms with Gasteiger partial charge in [0.1, 0.15) is 5.75 Å². The Bertz CT molecular complexity index is 883. The first kappa shape index (κ1) is 21.1. The number of carbonyl (C=O) groups excluding carboxylic acids is 2. The van der Waals surface area contributed by atoms with Crippen LogP contribution < -0.4 is 15.8 Å². The molecule has 29 heavy (non-hydrogen) atoms. The number of nitrogens with one attached hydrogen (secondary N) is 1. The third-order valence-corrected chi connectivity index (χ3v) is 5.24. The molecule has 2 aromatic rings. The molecule has 0 bridgehead atoms. The van der Waals surface area contributed by atoms with Crippen LogP contribution in [0.25, 0.3) is 0 Å². The van der Waals surface area contributed by atoms with E-state index in [0.717, 1.165) is 24.8 Å². The van der Waals surface area contributed by atoms with Gasteiger partial charge in [-0.3, -0.25) is 9.59 Å². The predicted octanol–water partition coefficient (Wildman–Crippen LogP) is 3.69. The van der Waals surface area contributed by atoms with Crippen LogP contribution in [-0.4, -0.2) is 36.9 Å². The summed E-state index contributed by atoms with van der Waals surface area (Å²) in [6.45, 7) is 1.53. The van der Waals surface area contributed by atoms with Gasteiger partial charge in [0.15, 0.2) is 0 Å². The van der Waals surface area contributed by atoms with E-state index in [9.17, 15) is 9.59 Å². The highest BCUT2D eigenvalue weighted by atomic mass is 35.5. The Morgan fingerprint density at radius 1 is 1.24 bits per heavy atom. The molecular formula is C22H26ClN3O3. The van der Waals surface area contributed by atoms with Crippen LogP contribution in [0.5, 0.6) is 5.75 Å². The lowest BCUT2D eigenvalue weighted by Gasteiger charge is -2.23. The first-order valence-corrected chi connectivity index (χ1v) is 10.1. The van der Waals surface area contributed by atoms with Crippen LogP contribution in [0, 0.1) is 5.92 Å². The molecule has 1 aliphatic carbocycles. The zero-order valence-corrected chi connectivity index (χ0v) is 17.2. The van der Waals surface area contributed by atoms with Gasteiger partial charge in [-0.15, -0.1) is 0 Å². The summed E-state index contributed by atoms with van der Waals surface area (Å²) in [7, 11) is 1.56. The van der Waals surface area contributed by atoms with E-state index in [1.165, 1.54) is 0 Å². The standard InChI is InChI=1S/C22H26ClN3O3/c1-29-19-5-2-4-16(13-19)21(27)25-18-8-9-20(23)17(12-18)14-26(11-3-10-24)22(28)15-6-7-15/h2,4-5,8-9,12-13,15H,3,6-7,10-11,14,24H2,1H3,(H,25,27). The fourth-order valence-corrected chi connectivity index (χ4v) is 3.26. The minimum atomic E-state index is -0.244. The topological polar surface area (TPSA) is 84.7 Å². The second-order valence-electron chi connectivity index (χ2n) is 7.17. The molecule has 1 fully saturated rings. The van der Waals surface area contributed by atoms with Crippen LogP contribution in [0.1, 0.15) is 35.2 Å². The van der Waals surface area contributed by atoms with Gasteiger partial charge in [0, 0.05) is 35.3 Å². The smallest absolute Gasteiger partial charge is 0.255 e. The molecule has 0 radical (unpaired) electrons. The summed E-state index contributed by atoms with van der Waals surface area (Å²) in [6, 6.07) is 12.2. The third-order valence-electron chi connectivity index (χ3n) is 4.87. The minimum Gasteiger partial charge on any atom is -0.497 e. The summed E-state index contributed by atoms with van der Waals surface area (Å²) in [6.07, 6.45) is 2.63. The molecule has 0 aromatic heterocycles. The van der Waals surface area contributed by atoms with Crippen molar-refractivity contribution in [1.29, 1.82) is 0 Å². The second-order valence-corrected chi connectivity index (χ2v) is 7.58. The van der Waals surface area contributed by atoms with E-state index in [1.807, 2.05) is 11.0 Å². The summed E-state index contributed by atoms with van der Waals surface area (Å²) < 4.78 is 5.17. The van der Waals surface area contributed by atoms with Crippen molar-refractivity contribution in [3.63, 3.8) is 0 Å². The number of halogens is 1. The number of nitrogens with two attached hydrogens (primary N) is 1. The maximum Gasteiger partial charge on any atom is 0.255 e. The molecule has 0 spiro atoms. The van der Waals surface area contributed by atoms with Crippen LogP contribution in [0.4, 0.5) is 5.69 Å². The van der Waals surface area contributed by atoms with Crippen LogP contribution in [0.3, 0.4) is 0 Å². The molecule has 0 aliphatic heterocycles. The van der Waals surface area contributed by atoms with Gasteiger partial charge in [0.05, 0.1) is 7.11 Å². The highest BCUT2D eigenvalue weighted by Crippen LogP contribution is 2.32. The molecule has 2 aromatic carbocycles. The maximum absolute atomic E-state index is 12.6. The number of rotatable bonds is 9. The van der Waals surface area contributed by atoms with E-state index in [-0.39, 0.29) is 17.7 Å². The highest BCUT2D eigenvalue weighted by molar-refractivity contribution is 6.31. The number of anilines is 1. The maximum atomic E-state index is 12.6. The van der Waals surface area contributed by atoms with Crippen LogP contribution in [-0.2, 0) is 11.3 Å². The summed E-state index contributed by atoms with van der Waals surface area (Å²) in [4.78, 5) is 27.0. The van der Waals surface area contributed by atoms with Crippen molar-refractivity contribution in [2.24, 2.45) is 11.7 Å². The molecule has 7 heteroatoms. The molecule has 1 saturated carbocycles. The van der Waals surface area contributed by atoms with Gasteiger partial charge >= 0.3 is 0 Å². The monoisotopic (exact) mass is 415 g/mol. The van der Waals surface area contributed by atoms with Crippen LogP contribution in [0.15, 0.2) is 42.5 Å². The molecule has 3 N–H and O–H groups in total. The number of nitrogens with zero attached hydrogens (tertiary/aromatic N) is 1. The van der Waals surface area contributed by atoms with Crippen molar-refractivity contribution in [3.8, 4) is 5.75 Å². The van der Waals surface area contributed by atoms with Crippen molar-refractivity contribution < 1.29 is 14.3 Å². The molecule has 154 valence electrons. The fourth-order valence-electron chi connectivity index (χ4n) is 3.08. The van der Waals surface area contributed by atoms with Crippen molar-refractivity contribution in [2.45, 2.75) is 25.8 Å². The molecule has 0 saturated heterocycles. The normalized spacial score (nSPS) is 13.1. The van der Waals surface area contributed by atoms with E-state index in [4.69, 9.17) is 22.1 Å². The molecule has 1 aliphatic rings. The first-order valence-electron chi connectivity index (χ1n) is 9.74. The fraction of sp³-hybridized carbons (Fsp3) is 0.364. The lowest BCUT2D eigenvalue weighted by Crippen LogP contribution is -2.33. The summed E-state index contributed by atoms with van der Waals surface area (Å²) in [5.74, 6) is 0.651. The SMILES string of the molecule is COc1cccc(C(=O)Nc2ccc(Cl)c(CN(CCCN)C(=O)C3CC3)c2)c1. The van der Waals surface area contributed by atoms with Gasteiger partial charge in [0.25, 0.3) is 5.91 Å². The molecule has 2 amide bonds. The summed E-state index contributed by atoms with van der Waals surface area (Å²) in [5, 5.41) is 3.44. The van der Waals surface area contributed by atoms with Crippen molar-refractivity contribution in [3.05, 3.63) is 58.6 Å². The molecule has 0 unspecified atom stereocenters. The zero-order valence-electron chi connectivity index (χ0n) is 16.5. The average molecular weight is 416 g/mol. The van der Waals surface area contributed by atoms with E-state index in [0.29, 0.717) is 41.7 Å². The number of ether oxygens (including phenoxy) is 1. The van der Waals surface area contributed by atoms with Gasteiger partial charge in [-0.25, -0.2) is 0 Å². The van der Waals surface area contributed by atoms with E-state index < -0.39 is 0 Å². The summed E-state index contributed by atoms with van der Waals surface area (Å²) >= 11 is 6.38. The second kappa shape index (κ2) is 9.76. The molecular weight excluding hydrogens is 390 g/mol. The number of hydrogen-bond acceptors (Lipinski definition) is 4. The molecule has 0 atom stereocenters. The Morgan fingerprint density at radius 2 is 2.03 bits per heavy atom. The van der Waals surface area contributed by atoms with E-state index >= 15 is 0 Å². The van der Waals surface area contributed by atoms with Gasteiger partial charge in [-0.1, -0.05) is 17.7 Å². The zero-order chi connectivity index (χ0) is 20.8. The number of amides is 2. The Labute approximate surface area is 176 Å². The first-order chi connectivity index (χ1) is 14.0. The Morgan fingerprint density at radius 3 is 2.72 bits per heavy atom. The predicted molar refractivity (Wildman–Crippen MR) is 114 cm³/mol. The number of carbonyl (C=O) groups is 2. The quantitative estimate of drug-likeness (QED) is 0.654. The molecule has 0 heterocycles. The minimum absolute atomic E-state index is 0.127. The van der Waals surface area contributed by atoms with Crippen molar-refractivity contribution >= 4 is 29.1 Å². The van der Waals surface area contributed by atoms with E-state index in [1.54, 1.807) is 43.5 Å². The van der Waals surface area contributed by atoms with E-state index in [2.05, 4.69) is 5.32 Å². The highest BCUT2D eigenvalue weighted by Gasteiger charge is 2.33. The van der Waals surface area contributed by atoms with Gasteiger partial charge in [0.2, 0.25) is 5.91 Å².